The van der Waals surface area contributed by atoms with E-state index >= 15 is 0 Å². The van der Waals surface area contributed by atoms with E-state index in [2.05, 4.69) is 5.32 Å². The molecular weight excluding hydrogens is 382 g/mol. The number of esters is 1. The molecular formula is C21H28ClNO5. The van der Waals surface area contributed by atoms with E-state index in [0.29, 0.717) is 35.8 Å². The number of rotatable bonds is 5. The number of halogens is 1. The smallest absolute Gasteiger partial charge is 0.312 e. The van der Waals surface area contributed by atoms with Crippen molar-refractivity contribution in [2.45, 2.75) is 71.6 Å². The molecule has 1 aliphatic heterocycles. The lowest BCUT2D eigenvalue weighted by molar-refractivity contribution is -0.159. The Bertz CT molecular complexity index is 750. The van der Waals surface area contributed by atoms with E-state index in [4.69, 9.17) is 25.8 Å². The van der Waals surface area contributed by atoms with Crippen LogP contribution in [0.1, 0.15) is 64.0 Å². The minimum absolute atomic E-state index is 0.0599. The molecule has 1 aromatic rings. The number of benzene rings is 1. The molecule has 0 aromatic heterocycles. The van der Waals surface area contributed by atoms with Crippen molar-refractivity contribution in [1.29, 1.82) is 0 Å². The van der Waals surface area contributed by atoms with Crippen molar-refractivity contribution >= 4 is 23.5 Å². The summed E-state index contributed by atoms with van der Waals surface area (Å²) < 4.78 is 16.5. The second kappa shape index (κ2) is 8.29. The van der Waals surface area contributed by atoms with E-state index in [1.54, 1.807) is 12.1 Å². The number of amides is 1. The summed E-state index contributed by atoms with van der Waals surface area (Å²) in [6, 6.07) is 3.53. The van der Waals surface area contributed by atoms with Gasteiger partial charge in [-0.1, -0.05) is 24.4 Å². The Balaban J connectivity index is 1.70. The average molecular weight is 410 g/mol. The van der Waals surface area contributed by atoms with Crippen LogP contribution in [0.3, 0.4) is 0 Å². The summed E-state index contributed by atoms with van der Waals surface area (Å²) >= 11 is 6.18. The minimum Gasteiger partial charge on any atom is -0.467 e. The Kier molecular flexibility index (Phi) is 6.20. The summed E-state index contributed by atoms with van der Waals surface area (Å²) in [5.74, 6) is 0.219. The lowest BCUT2D eigenvalue weighted by Gasteiger charge is -2.29. The van der Waals surface area contributed by atoms with E-state index in [1.165, 1.54) is 0 Å². The zero-order chi connectivity index (χ0) is 20.4. The molecule has 7 heteroatoms. The van der Waals surface area contributed by atoms with Gasteiger partial charge >= 0.3 is 5.97 Å². The molecule has 28 heavy (non-hydrogen) atoms. The maximum absolute atomic E-state index is 13.0. The number of carbonyl (C=O) groups excluding carboxylic acids is 2. The van der Waals surface area contributed by atoms with E-state index in [0.717, 1.165) is 18.4 Å². The summed E-state index contributed by atoms with van der Waals surface area (Å²) in [7, 11) is 0. The highest BCUT2D eigenvalue weighted by Gasteiger charge is 2.44. The molecule has 1 N–H and O–H groups in total. The van der Waals surface area contributed by atoms with Crippen LogP contribution in [0.5, 0.6) is 5.75 Å². The van der Waals surface area contributed by atoms with Gasteiger partial charge < -0.3 is 19.5 Å². The van der Waals surface area contributed by atoms with Gasteiger partial charge in [0.15, 0.2) is 6.79 Å². The molecule has 0 spiro atoms. The van der Waals surface area contributed by atoms with Crippen LogP contribution in [0.2, 0.25) is 5.02 Å². The van der Waals surface area contributed by atoms with Crippen molar-refractivity contribution < 1.29 is 23.8 Å². The normalized spacial score (nSPS) is 18.1. The summed E-state index contributed by atoms with van der Waals surface area (Å²) in [6.07, 6.45) is 3.33. The number of fused-ring (bicyclic) bond motifs is 1. The van der Waals surface area contributed by atoms with Gasteiger partial charge in [0, 0.05) is 28.1 Å². The molecule has 1 amide bonds. The van der Waals surface area contributed by atoms with Crippen LogP contribution in [0, 0.1) is 5.41 Å². The Morgan fingerprint density at radius 3 is 2.64 bits per heavy atom. The Hall–Kier alpha value is -1.79. The first kappa shape index (κ1) is 20.9. The fourth-order valence-electron chi connectivity index (χ4n) is 3.93. The third kappa shape index (κ3) is 4.97. The first-order chi connectivity index (χ1) is 13.2. The lowest BCUT2D eigenvalue weighted by Crippen LogP contribution is -2.44. The molecule has 1 aromatic carbocycles. The molecule has 0 atom stereocenters. The summed E-state index contributed by atoms with van der Waals surface area (Å²) in [5.41, 5.74) is 0.467. The van der Waals surface area contributed by atoms with Crippen LogP contribution in [0.25, 0.3) is 0 Å². The van der Waals surface area contributed by atoms with E-state index in [-0.39, 0.29) is 37.2 Å². The molecule has 1 aliphatic carbocycles. The predicted molar refractivity (Wildman–Crippen MR) is 105 cm³/mol. The molecule has 0 unspecified atom stereocenters. The number of ether oxygens (including phenoxy) is 3. The molecule has 0 radical (unpaired) electrons. The van der Waals surface area contributed by atoms with Crippen LogP contribution >= 0.6 is 11.6 Å². The Morgan fingerprint density at radius 1 is 1.25 bits per heavy atom. The van der Waals surface area contributed by atoms with Crippen LogP contribution in [-0.4, -0.2) is 24.2 Å². The van der Waals surface area contributed by atoms with E-state index < -0.39 is 5.41 Å². The van der Waals surface area contributed by atoms with Gasteiger partial charge in [0.1, 0.15) is 12.4 Å². The fraction of sp³-hybridized carbons (Fsp3) is 0.619. The van der Waals surface area contributed by atoms with Gasteiger partial charge in [-0.15, -0.1) is 0 Å². The third-order valence-corrected chi connectivity index (χ3v) is 5.34. The molecule has 1 fully saturated rings. The van der Waals surface area contributed by atoms with Crippen molar-refractivity contribution in [3.05, 3.63) is 28.3 Å². The van der Waals surface area contributed by atoms with Crippen LogP contribution in [0.15, 0.2) is 12.1 Å². The second-order valence-electron chi connectivity index (χ2n) is 8.70. The molecule has 6 nitrogen and oxygen atoms in total. The zero-order valence-corrected chi connectivity index (χ0v) is 17.5. The first-order valence-corrected chi connectivity index (χ1v) is 10.1. The van der Waals surface area contributed by atoms with Gasteiger partial charge in [0.2, 0.25) is 5.91 Å². The van der Waals surface area contributed by atoms with E-state index in [9.17, 15) is 9.59 Å². The highest BCUT2D eigenvalue weighted by molar-refractivity contribution is 6.30. The molecule has 1 heterocycles. The van der Waals surface area contributed by atoms with Gasteiger partial charge in [-0.25, -0.2) is 0 Å². The fourth-order valence-corrected chi connectivity index (χ4v) is 4.20. The zero-order valence-electron chi connectivity index (χ0n) is 16.7. The number of nitrogens with one attached hydrogen (secondary N) is 1. The van der Waals surface area contributed by atoms with Crippen molar-refractivity contribution in [1.82, 2.24) is 5.32 Å². The largest absolute Gasteiger partial charge is 0.467 e. The molecule has 0 bridgehead atoms. The summed E-state index contributed by atoms with van der Waals surface area (Å²) in [6.45, 7) is 6.41. The number of hydrogen-bond acceptors (Lipinski definition) is 5. The van der Waals surface area contributed by atoms with Gasteiger partial charge in [-0.3, -0.25) is 9.59 Å². The SMILES string of the molecule is CC(C)(C)NC(=O)CC1(C(=O)OCc2cc(Cl)cc3c2OCOC3)CCCC1. The molecule has 0 saturated heterocycles. The van der Waals surface area contributed by atoms with Crippen LogP contribution in [-0.2, 0) is 32.3 Å². The maximum Gasteiger partial charge on any atom is 0.312 e. The van der Waals surface area contributed by atoms with Gasteiger partial charge in [0.05, 0.1) is 12.0 Å². The summed E-state index contributed by atoms with van der Waals surface area (Å²) in [4.78, 5) is 25.5. The van der Waals surface area contributed by atoms with Crippen molar-refractivity contribution in [2.75, 3.05) is 6.79 Å². The first-order valence-electron chi connectivity index (χ1n) is 9.69. The van der Waals surface area contributed by atoms with Crippen molar-refractivity contribution in [2.24, 2.45) is 5.41 Å². The van der Waals surface area contributed by atoms with Crippen LogP contribution < -0.4 is 10.1 Å². The van der Waals surface area contributed by atoms with E-state index in [1.807, 2.05) is 20.8 Å². The topological polar surface area (TPSA) is 73.9 Å². The second-order valence-corrected chi connectivity index (χ2v) is 9.14. The standard InChI is InChI=1S/C21H28ClNO5/c1-20(2,3)23-17(24)10-21(6-4-5-7-21)19(25)27-12-15-9-16(22)8-14-11-26-13-28-18(14)15/h8-9H,4-7,10-13H2,1-3H3,(H,23,24). The third-order valence-electron chi connectivity index (χ3n) is 5.12. The van der Waals surface area contributed by atoms with Crippen molar-refractivity contribution in [3.63, 3.8) is 0 Å². The Labute approximate surface area is 170 Å². The minimum atomic E-state index is -0.752. The molecule has 3 rings (SSSR count). The quantitative estimate of drug-likeness (QED) is 0.740. The lowest BCUT2D eigenvalue weighted by atomic mass is 9.82. The predicted octanol–water partition coefficient (Wildman–Crippen LogP) is 4.11. The molecule has 1 saturated carbocycles. The highest BCUT2D eigenvalue weighted by atomic mass is 35.5. The van der Waals surface area contributed by atoms with Gasteiger partial charge in [-0.2, -0.15) is 0 Å². The van der Waals surface area contributed by atoms with Crippen LogP contribution in [0.4, 0.5) is 0 Å². The molecule has 2 aliphatic rings. The average Bonchev–Trinajstić information content (AvgIpc) is 3.07. The number of hydrogen-bond donors (Lipinski definition) is 1. The summed E-state index contributed by atoms with van der Waals surface area (Å²) in [5, 5.41) is 3.49. The maximum atomic E-state index is 13.0. The van der Waals surface area contributed by atoms with Gasteiger partial charge in [0.25, 0.3) is 0 Å². The molecule has 154 valence electrons. The van der Waals surface area contributed by atoms with Gasteiger partial charge in [-0.05, 0) is 45.7 Å². The number of carbonyl (C=O) groups is 2. The monoisotopic (exact) mass is 409 g/mol. The Morgan fingerprint density at radius 2 is 1.96 bits per heavy atom. The highest BCUT2D eigenvalue weighted by Crippen LogP contribution is 2.43. The van der Waals surface area contributed by atoms with Crippen molar-refractivity contribution in [3.8, 4) is 5.75 Å².